The lowest BCUT2D eigenvalue weighted by molar-refractivity contribution is 0.0314. The number of ether oxygens (including phenoxy) is 5. The van der Waals surface area contributed by atoms with E-state index in [2.05, 4.69) is 111 Å². The summed E-state index contributed by atoms with van der Waals surface area (Å²) in [5.41, 5.74) is 0. The highest BCUT2D eigenvalue weighted by molar-refractivity contribution is 7.99. The first kappa shape index (κ1) is 52.4. The Bertz CT molecular complexity index is 2090. The minimum absolute atomic E-state index is 0. The molecule has 49 heteroatoms. The van der Waals surface area contributed by atoms with Gasteiger partial charge in [-0.05, 0) is 11.1 Å². The van der Waals surface area contributed by atoms with Crippen LogP contribution in [0.1, 0.15) is 34.1 Å². The zero-order valence-electron chi connectivity index (χ0n) is 39.6. The van der Waals surface area contributed by atoms with E-state index >= 15 is 0 Å². The molecule has 0 saturated carbocycles. The fourth-order valence-corrected chi connectivity index (χ4v) is 12.7. The van der Waals surface area contributed by atoms with E-state index in [1.54, 1.807) is 0 Å². The first-order valence-electron chi connectivity index (χ1n) is 25.2. The molecule has 15 aliphatic rings. The van der Waals surface area contributed by atoms with Gasteiger partial charge in [-0.25, -0.2) is 19.2 Å². The second kappa shape index (κ2) is 16.9. The van der Waals surface area contributed by atoms with Crippen molar-refractivity contribution in [1.82, 2.24) is 10.6 Å². The van der Waals surface area contributed by atoms with Crippen molar-refractivity contribution < 1.29 is 42.9 Å². The summed E-state index contributed by atoms with van der Waals surface area (Å²) in [4.78, 5) is 49.7. The monoisotopic (exact) mass is 888 g/mol. The first-order valence-corrected chi connectivity index (χ1v) is 25.2. The smallest absolute Gasteiger partial charge is 0.471 e. The molecule has 15 heterocycles. The third-order valence-corrected chi connectivity index (χ3v) is 18.1. The summed E-state index contributed by atoms with van der Waals surface area (Å²) in [6.07, 6.45) is -1.64. The Morgan fingerprint density at radius 3 is 0.944 bits per heavy atom. The largest absolute Gasteiger partial charge is 0.516 e. The minimum atomic E-state index is -1.75. The van der Waals surface area contributed by atoms with Crippen LogP contribution >= 0.6 is 0 Å². The number of fused-ring (bicyclic) bond motifs is 6. The number of rotatable bonds is 22. The molecular weight excluding hydrogens is 859 g/mol. The van der Waals surface area contributed by atoms with Crippen LogP contribution in [0.2, 0.25) is 41.7 Å². The van der Waals surface area contributed by atoms with Crippen molar-refractivity contribution in [2.24, 2.45) is 0 Å². The van der Waals surface area contributed by atoms with Crippen molar-refractivity contribution in [1.29, 1.82) is 0 Å². The van der Waals surface area contributed by atoms with Crippen LogP contribution in [0.5, 0.6) is 0 Å². The maximum absolute atomic E-state index is 12.5. The Balaban J connectivity index is 0.000000133. The Morgan fingerprint density at radius 1 is 0.472 bits per heavy atom. The van der Waals surface area contributed by atoms with Crippen LogP contribution < -0.4 is 10.6 Å². The zero-order valence-corrected chi connectivity index (χ0v) is 39.6. The highest BCUT2D eigenvalue weighted by Crippen LogP contribution is 2.76. The molecule has 15 aliphatic heterocycles. The van der Waals surface area contributed by atoms with E-state index in [0.29, 0.717) is 44.8 Å². The maximum atomic E-state index is 12.5. The van der Waals surface area contributed by atoms with Gasteiger partial charge < -0.3 is 34.3 Å². The second-order valence-electron chi connectivity index (χ2n) is 23.3. The summed E-state index contributed by atoms with van der Waals surface area (Å²) in [7, 11) is 87.2. The predicted octanol–water partition coefficient (Wildman–Crippen LogP) is -11.3. The molecule has 15 rings (SSSR count). The van der Waals surface area contributed by atoms with Gasteiger partial charge in [0.15, 0.2) is 0 Å². The van der Waals surface area contributed by atoms with Crippen LogP contribution in [0.4, 0.5) is 19.2 Å². The van der Waals surface area contributed by atoms with Crippen LogP contribution in [0, 0.1) is 0 Å². The topological polar surface area (TPSA) is 138 Å². The Morgan fingerprint density at radius 2 is 0.722 bits per heavy atom. The highest BCUT2D eigenvalue weighted by atomic mass is 16.8. The van der Waals surface area contributed by atoms with Gasteiger partial charge in [-0.3, -0.25) is 0 Å². The van der Waals surface area contributed by atoms with Gasteiger partial charge in [-0.2, -0.15) is 30.1 Å². The van der Waals surface area contributed by atoms with Crippen molar-refractivity contribution in [3.8, 4) is 0 Å². The zero-order chi connectivity index (χ0) is 49.9. The molecule has 0 unspecified atom stereocenters. The van der Waals surface area contributed by atoms with E-state index in [1.165, 1.54) is 0 Å². The molecule has 11 nitrogen and oxygen atoms in total. The van der Waals surface area contributed by atoms with Gasteiger partial charge in [0.2, 0.25) is 0 Å². The summed E-state index contributed by atoms with van der Waals surface area (Å²) < 4.78 is 26.7. The van der Waals surface area contributed by atoms with Crippen LogP contribution in [0.15, 0.2) is 0 Å². The quantitative estimate of drug-likeness (QED) is 0.0471. The van der Waals surface area contributed by atoms with Crippen LogP contribution in [0.3, 0.4) is 0 Å². The summed E-state index contributed by atoms with van der Waals surface area (Å²) >= 11 is 0. The van der Waals surface area contributed by atoms with E-state index in [1.807, 2.05) is 42.4 Å². The number of alkyl carbamates (subject to hydrolysis) is 2. The molecule has 0 spiro atoms. The Kier molecular flexibility index (Phi) is 12.3. The third kappa shape index (κ3) is 9.06. The molecule has 0 atom stereocenters. The van der Waals surface area contributed by atoms with Crippen LogP contribution in [-0.4, -0.2) is 329 Å². The number of carbonyl (C=O) groups excluding carboxylic acids is 4. The van der Waals surface area contributed by atoms with Gasteiger partial charge in [0.05, 0.1) is 35.2 Å². The Hall–Kier alpha value is -0.252. The van der Waals surface area contributed by atoms with Crippen molar-refractivity contribution in [2.75, 3.05) is 13.1 Å². The van der Waals surface area contributed by atoms with Crippen LogP contribution in [-0.2, 0) is 23.7 Å². The minimum Gasteiger partial charge on any atom is -0.471 e. The molecule has 2 N–H and O–H groups in total. The summed E-state index contributed by atoms with van der Waals surface area (Å²) in [6.45, 7) is 6.06. The number of carbonyl (C=O) groups is 4. The number of nitrogens with one attached hydrogen (secondary N) is 2. The van der Waals surface area contributed by atoms with E-state index in [9.17, 15) is 19.2 Å². The average molecular weight is 881 g/mol. The molecule has 15 saturated heterocycles. The standard InChI is InChI=1S/C11H7B19N2O4.C6B18O5.C5H11B.CH4/c12-3(1-31-4(33)35-6(13,14)25(8-17-27(8)18-8)9-19-28(9)20-9)2-32-5(34)36-7(15,16)26(10-21-29(10)22-10)11-23-30(11)24-11;7-3(8,19(4-9-20(4)10-4)5-11-21(5)12-5)28-1(25)27-2(26)29-6(22-13-14-22,23-15-16-23)24-17-18-24;1-3-5(6)4-2;/h3H,1-2H2,(H,31,33)(H,32,34);;5H,3-4H2,1-2H3;1H4. The molecule has 2 amide bonds. The Labute approximate surface area is 455 Å². The van der Waals surface area contributed by atoms with Crippen molar-refractivity contribution in [2.45, 2.75) is 97.0 Å². The average Bonchev–Trinajstić information content (AvgIpc) is 4.00. The lowest BCUT2D eigenvalue weighted by Gasteiger charge is -2.40. The van der Waals surface area contributed by atoms with Crippen molar-refractivity contribution in [3.05, 3.63) is 0 Å². The van der Waals surface area contributed by atoms with Crippen molar-refractivity contribution >= 4 is 294 Å². The molecular formula is C23H22B38N2O9. The fourth-order valence-electron chi connectivity index (χ4n) is 12.7. The number of amides is 2. The maximum Gasteiger partial charge on any atom is 0.516 e. The van der Waals surface area contributed by atoms with Gasteiger partial charge in [0, 0.05) is 196 Å². The van der Waals surface area contributed by atoms with Crippen molar-refractivity contribution in [3.63, 3.8) is 0 Å². The molecule has 0 aromatic carbocycles. The summed E-state index contributed by atoms with van der Waals surface area (Å²) in [5.74, 6) is -0.183. The second-order valence-corrected chi connectivity index (χ2v) is 23.3. The lowest BCUT2D eigenvalue weighted by atomic mass is 9.03. The van der Waals surface area contributed by atoms with Gasteiger partial charge in [-0.15, -0.1) is 0 Å². The van der Waals surface area contributed by atoms with Gasteiger partial charge in [0.1, 0.15) is 67.2 Å². The number of hydrogen-bond acceptors (Lipinski definition) is 9. The van der Waals surface area contributed by atoms with E-state index in [-0.39, 0.29) is 90.2 Å². The van der Waals surface area contributed by atoms with Crippen LogP contribution in [0.25, 0.3) is 0 Å². The third-order valence-electron chi connectivity index (χ3n) is 18.1. The molecule has 34 radical (unpaired) electrons. The first-order chi connectivity index (χ1) is 33.5. The van der Waals surface area contributed by atoms with E-state index in [0.717, 1.165) is 12.8 Å². The molecule has 0 aromatic heterocycles. The predicted molar refractivity (Wildman–Crippen MR) is 324 cm³/mol. The van der Waals surface area contributed by atoms with Gasteiger partial charge >= 0.3 is 24.5 Å². The molecule has 0 aromatic rings. The molecule has 0 aliphatic carbocycles. The highest BCUT2D eigenvalue weighted by Gasteiger charge is 2.90. The van der Waals surface area contributed by atoms with Gasteiger partial charge in [0.25, 0.3) is 0 Å². The number of hydrogen-bond donors (Lipinski definition) is 2. The van der Waals surface area contributed by atoms with E-state index < -0.39 is 51.5 Å². The van der Waals surface area contributed by atoms with E-state index in [4.69, 9.17) is 86.5 Å². The summed E-state index contributed by atoms with van der Waals surface area (Å²) in [5, 5.41) is -1.41. The molecule has 15 fully saturated rings. The SMILES string of the molecule is C.[B]C(CC)CC.[B]C(CNC(=O)OC([B])([B])B(C12[B]B1[B]2)C12[B]B1[B]2)CNC(=O)OC([B])([B])B(C12[B]B1[B]2)C12[B]B1[B]2.[B]C([B])(OC(=O)OC(=O)OC(B1[B][B]1)(B1[B][B]1)B1[B][B]1)B(C12[B]B1[B]2)C12[B]B1[B]2. The molecule has 0 bridgehead atoms. The molecule has 292 valence electrons. The lowest BCUT2D eigenvalue weighted by Crippen LogP contribution is -2.60. The van der Waals surface area contributed by atoms with Gasteiger partial charge in [-0.1, -0.05) is 39.9 Å². The molecule has 72 heavy (non-hydrogen) atoms. The summed E-state index contributed by atoms with van der Waals surface area (Å²) in [6, 6.07) is 0. The normalized spacial score (nSPS) is 23.5. The fraction of sp³-hybridized carbons (Fsp3) is 0.826.